The average Bonchev–Trinajstić information content (AvgIpc) is 2.80. The summed E-state index contributed by atoms with van der Waals surface area (Å²) < 4.78 is 5.18. The molecular weight excluding hydrogens is 162 g/mol. The molecule has 0 radical (unpaired) electrons. The van der Waals surface area contributed by atoms with Crippen molar-refractivity contribution in [3.05, 3.63) is 0 Å². The summed E-state index contributed by atoms with van der Waals surface area (Å²) in [4.78, 5) is 2.45. The second-order valence-electron chi connectivity index (χ2n) is 4.23. The molecule has 1 unspecified atom stereocenters. The zero-order valence-corrected chi connectivity index (χ0v) is 9.47. The molecule has 0 amide bonds. The number of hydrogen-bond donors (Lipinski definition) is 0. The summed E-state index contributed by atoms with van der Waals surface area (Å²) in [5.74, 6) is 0. The van der Waals surface area contributed by atoms with Crippen molar-refractivity contribution in [3.8, 4) is 0 Å². The molecule has 1 saturated heterocycles. The van der Waals surface area contributed by atoms with Crippen molar-refractivity contribution in [2.45, 2.75) is 39.2 Å². The van der Waals surface area contributed by atoms with Crippen LogP contribution in [0.15, 0.2) is 0 Å². The van der Waals surface area contributed by atoms with Gasteiger partial charge in [-0.3, -0.25) is 0 Å². The van der Waals surface area contributed by atoms with E-state index in [1.54, 1.807) is 7.11 Å². The molecule has 0 N–H and O–H groups in total. The van der Waals surface area contributed by atoms with E-state index in [1.807, 2.05) is 13.8 Å². The minimum Gasteiger partial charge on any atom is -0.383 e. The van der Waals surface area contributed by atoms with Gasteiger partial charge in [-0.1, -0.05) is 13.8 Å². The van der Waals surface area contributed by atoms with Gasteiger partial charge in [-0.2, -0.15) is 0 Å². The molecule has 0 aromatic rings. The maximum absolute atomic E-state index is 5.18. The summed E-state index contributed by atoms with van der Waals surface area (Å²) in [7, 11) is 4.02. The smallest absolute Gasteiger partial charge is 0.0618 e. The number of nitrogens with zero attached hydrogens (tertiary/aromatic N) is 1. The molecule has 1 spiro atoms. The van der Waals surface area contributed by atoms with E-state index in [2.05, 4.69) is 11.9 Å². The number of rotatable bonds is 2. The van der Waals surface area contributed by atoms with E-state index in [0.29, 0.717) is 6.04 Å². The minimum atomic E-state index is 0.697. The monoisotopic (exact) mass is 185 g/mol. The molecule has 1 aliphatic heterocycles. The molecule has 0 bridgehead atoms. The van der Waals surface area contributed by atoms with Crippen molar-refractivity contribution in [1.82, 2.24) is 4.90 Å². The Kier molecular flexibility index (Phi) is 3.74. The van der Waals surface area contributed by atoms with Gasteiger partial charge in [0.25, 0.3) is 0 Å². The van der Waals surface area contributed by atoms with Crippen LogP contribution in [0.25, 0.3) is 0 Å². The lowest BCUT2D eigenvalue weighted by Crippen LogP contribution is -2.28. The van der Waals surface area contributed by atoms with Crippen molar-refractivity contribution < 1.29 is 4.74 Å². The van der Waals surface area contributed by atoms with E-state index in [1.165, 1.54) is 25.8 Å². The zero-order valence-electron chi connectivity index (χ0n) is 9.47. The maximum Gasteiger partial charge on any atom is 0.0618 e. The van der Waals surface area contributed by atoms with Gasteiger partial charge in [0.2, 0.25) is 0 Å². The van der Waals surface area contributed by atoms with E-state index in [-0.39, 0.29) is 0 Å². The first-order chi connectivity index (χ1) is 6.26. The van der Waals surface area contributed by atoms with Gasteiger partial charge in [0.15, 0.2) is 0 Å². The quantitative estimate of drug-likeness (QED) is 0.653. The normalized spacial score (nSPS) is 30.0. The molecule has 13 heavy (non-hydrogen) atoms. The second-order valence-corrected chi connectivity index (χ2v) is 4.23. The first kappa shape index (κ1) is 11.0. The maximum atomic E-state index is 5.18. The Labute approximate surface area is 82.3 Å². The van der Waals surface area contributed by atoms with E-state index < -0.39 is 0 Å². The summed E-state index contributed by atoms with van der Waals surface area (Å²) >= 11 is 0. The molecule has 78 valence electrons. The van der Waals surface area contributed by atoms with Crippen LogP contribution in [0, 0.1) is 5.41 Å². The van der Waals surface area contributed by atoms with Crippen LogP contribution in [0.2, 0.25) is 0 Å². The number of likely N-dealkylation sites (N-methyl/N-ethyl adjacent to an activating group) is 1. The average molecular weight is 185 g/mol. The number of hydrogen-bond acceptors (Lipinski definition) is 2. The van der Waals surface area contributed by atoms with Gasteiger partial charge >= 0.3 is 0 Å². The highest BCUT2D eigenvalue weighted by Gasteiger charge is 2.50. The fourth-order valence-corrected chi connectivity index (χ4v) is 2.30. The zero-order chi connectivity index (χ0) is 9.90. The fraction of sp³-hybridized carbons (Fsp3) is 1.00. The Balaban J connectivity index is 0.000000396. The van der Waals surface area contributed by atoms with Gasteiger partial charge in [-0.15, -0.1) is 0 Å². The summed E-state index contributed by atoms with van der Waals surface area (Å²) in [5, 5.41) is 0. The molecule has 2 nitrogen and oxygen atoms in total. The first-order valence-electron chi connectivity index (χ1n) is 5.45. The van der Waals surface area contributed by atoms with Gasteiger partial charge in [0.05, 0.1) is 6.61 Å². The molecule has 1 aliphatic carbocycles. The van der Waals surface area contributed by atoms with Crippen LogP contribution in [0.4, 0.5) is 0 Å². The molecule has 0 aromatic heterocycles. The number of ether oxygens (including phenoxy) is 1. The lowest BCUT2D eigenvalue weighted by molar-refractivity contribution is 0.129. The SMILES string of the molecule is CC.COCC1CC2(CC2)CN1C. The van der Waals surface area contributed by atoms with Crippen LogP contribution in [0.5, 0.6) is 0 Å². The van der Waals surface area contributed by atoms with Crippen molar-refractivity contribution in [2.24, 2.45) is 5.41 Å². The lowest BCUT2D eigenvalue weighted by Gasteiger charge is -2.17. The third kappa shape index (κ3) is 2.44. The Bertz CT molecular complexity index is 154. The Morgan fingerprint density at radius 2 is 2.00 bits per heavy atom. The van der Waals surface area contributed by atoms with Gasteiger partial charge in [0.1, 0.15) is 0 Å². The molecular formula is C11H23NO. The number of likely N-dealkylation sites (tertiary alicyclic amines) is 1. The Morgan fingerprint density at radius 1 is 1.38 bits per heavy atom. The van der Waals surface area contributed by atoms with Gasteiger partial charge in [0, 0.05) is 19.7 Å². The van der Waals surface area contributed by atoms with Crippen molar-refractivity contribution >= 4 is 0 Å². The summed E-state index contributed by atoms with van der Waals surface area (Å²) in [6, 6.07) is 0.697. The third-order valence-electron chi connectivity index (χ3n) is 3.19. The predicted molar refractivity (Wildman–Crippen MR) is 55.9 cm³/mol. The van der Waals surface area contributed by atoms with Gasteiger partial charge in [-0.25, -0.2) is 0 Å². The second kappa shape index (κ2) is 4.43. The predicted octanol–water partition coefficient (Wildman–Crippen LogP) is 2.14. The Hall–Kier alpha value is -0.0800. The van der Waals surface area contributed by atoms with Crippen LogP contribution in [0.1, 0.15) is 33.1 Å². The Morgan fingerprint density at radius 3 is 2.38 bits per heavy atom. The summed E-state index contributed by atoms with van der Waals surface area (Å²) in [6.07, 6.45) is 4.28. The van der Waals surface area contributed by atoms with Crippen LogP contribution in [-0.4, -0.2) is 38.3 Å². The molecule has 1 saturated carbocycles. The van der Waals surface area contributed by atoms with E-state index in [9.17, 15) is 0 Å². The largest absolute Gasteiger partial charge is 0.383 e. The standard InChI is InChI=1S/C9H17NO.C2H6/c1-10-7-9(3-4-9)5-8(10)6-11-2;1-2/h8H,3-7H2,1-2H3;1-2H3. The highest BCUT2D eigenvalue weighted by molar-refractivity contribution is 5.03. The van der Waals surface area contributed by atoms with Crippen molar-refractivity contribution in [3.63, 3.8) is 0 Å². The summed E-state index contributed by atoms with van der Waals surface area (Å²) in [5.41, 5.74) is 0.734. The van der Waals surface area contributed by atoms with E-state index >= 15 is 0 Å². The fourth-order valence-electron chi connectivity index (χ4n) is 2.30. The molecule has 1 atom stereocenters. The van der Waals surface area contributed by atoms with Gasteiger partial charge < -0.3 is 9.64 Å². The molecule has 2 rings (SSSR count). The lowest BCUT2D eigenvalue weighted by atomic mass is 10.0. The number of methoxy groups -OCH3 is 1. The first-order valence-corrected chi connectivity index (χ1v) is 5.45. The summed E-state index contributed by atoms with van der Waals surface area (Å²) in [6.45, 7) is 6.22. The topological polar surface area (TPSA) is 12.5 Å². The van der Waals surface area contributed by atoms with Crippen LogP contribution < -0.4 is 0 Å². The minimum absolute atomic E-state index is 0.697. The van der Waals surface area contributed by atoms with E-state index in [4.69, 9.17) is 4.74 Å². The van der Waals surface area contributed by atoms with E-state index in [0.717, 1.165) is 12.0 Å². The molecule has 2 fully saturated rings. The molecule has 2 aliphatic rings. The highest BCUT2D eigenvalue weighted by atomic mass is 16.5. The van der Waals surface area contributed by atoms with Crippen LogP contribution >= 0.6 is 0 Å². The van der Waals surface area contributed by atoms with Gasteiger partial charge in [-0.05, 0) is 31.7 Å². The van der Waals surface area contributed by atoms with Crippen LogP contribution in [0.3, 0.4) is 0 Å². The van der Waals surface area contributed by atoms with Crippen molar-refractivity contribution in [2.75, 3.05) is 27.3 Å². The van der Waals surface area contributed by atoms with Crippen molar-refractivity contribution in [1.29, 1.82) is 0 Å². The highest BCUT2D eigenvalue weighted by Crippen LogP contribution is 2.54. The molecule has 1 heterocycles. The molecule has 2 heteroatoms. The third-order valence-corrected chi connectivity index (χ3v) is 3.19. The molecule has 0 aromatic carbocycles. The van der Waals surface area contributed by atoms with Crippen LogP contribution in [-0.2, 0) is 4.74 Å².